The van der Waals surface area contributed by atoms with Gasteiger partial charge in [0.05, 0.1) is 24.1 Å². The molecule has 0 N–H and O–H groups in total. The molecule has 3 heterocycles. The Morgan fingerprint density at radius 2 is 1.98 bits per heavy atom. The van der Waals surface area contributed by atoms with Gasteiger partial charge in [0.1, 0.15) is 23.8 Å². The summed E-state index contributed by atoms with van der Waals surface area (Å²) in [5, 5.41) is 11.3. The van der Waals surface area contributed by atoms with E-state index in [1.165, 1.54) is 12.1 Å². The van der Waals surface area contributed by atoms with Crippen LogP contribution in [-0.2, 0) is 4.79 Å². The standard InChI is InChI=1S/C33H31ClF2N6O2/c1-3-27(43)42-16-15-41(18-21(42)12-13-37)32-24-17-26(35)29(23-10-4-7-20-8-5-11-25(34)28(20)23)30(36)31(24)38-33(39-32)44-19-22-9-6-14-40(22)2/h3-5,7-8,10-11,17,21-22H,1,6,9,12,14-16,18-19H2,2H3. The molecular formula is C33H31ClF2N6O2. The molecule has 2 aliphatic rings. The SMILES string of the molecule is C=CC(=O)N1CCN(c2nc(OCC3CCCN3C)nc3c(F)c(-c4cccc5cccc(Cl)c45)c(F)cc23)CC1CC#N. The fourth-order valence-corrected chi connectivity index (χ4v) is 6.60. The van der Waals surface area contributed by atoms with Crippen molar-refractivity contribution in [3.63, 3.8) is 0 Å². The minimum Gasteiger partial charge on any atom is -0.462 e. The lowest BCUT2D eigenvalue weighted by atomic mass is 9.96. The van der Waals surface area contributed by atoms with Crippen molar-refractivity contribution in [1.29, 1.82) is 5.26 Å². The molecule has 4 aromatic rings. The number of carbonyl (C=O) groups is 1. The lowest BCUT2D eigenvalue weighted by Crippen LogP contribution is -2.55. The average Bonchev–Trinajstić information content (AvgIpc) is 3.44. The van der Waals surface area contributed by atoms with Crippen molar-refractivity contribution in [1.82, 2.24) is 19.8 Å². The Hall–Kier alpha value is -4.33. The zero-order valence-corrected chi connectivity index (χ0v) is 25.0. The molecule has 1 amide bonds. The van der Waals surface area contributed by atoms with Gasteiger partial charge in [-0.05, 0) is 55.6 Å². The fraction of sp³-hybridized carbons (Fsp3) is 0.333. The summed E-state index contributed by atoms with van der Waals surface area (Å²) in [6, 6.07) is 13.6. The number of aromatic nitrogens is 2. The van der Waals surface area contributed by atoms with Gasteiger partial charge in [-0.1, -0.05) is 48.5 Å². The molecule has 0 spiro atoms. The van der Waals surface area contributed by atoms with Crippen molar-refractivity contribution in [2.75, 3.05) is 44.7 Å². The van der Waals surface area contributed by atoms with Gasteiger partial charge in [0, 0.05) is 41.5 Å². The number of amides is 1. The number of hydrogen-bond acceptors (Lipinski definition) is 7. The first kappa shape index (κ1) is 29.7. The van der Waals surface area contributed by atoms with Crippen LogP contribution in [0, 0.1) is 23.0 Å². The van der Waals surface area contributed by atoms with Crippen LogP contribution in [0.15, 0.2) is 55.1 Å². The van der Waals surface area contributed by atoms with Gasteiger partial charge in [0.15, 0.2) is 5.82 Å². The highest BCUT2D eigenvalue weighted by molar-refractivity contribution is 6.36. The van der Waals surface area contributed by atoms with Crippen LogP contribution >= 0.6 is 11.6 Å². The Morgan fingerprint density at radius 1 is 1.18 bits per heavy atom. The Morgan fingerprint density at radius 3 is 2.70 bits per heavy atom. The monoisotopic (exact) mass is 616 g/mol. The zero-order valence-electron chi connectivity index (χ0n) is 24.3. The summed E-state index contributed by atoms with van der Waals surface area (Å²) in [6.07, 6.45) is 3.30. The summed E-state index contributed by atoms with van der Waals surface area (Å²) in [6.45, 7) is 5.68. The molecule has 1 aromatic heterocycles. The van der Waals surface area contributed by atoms with Crippen LogP contribution in [-0.4, -0.2) is 77.6 Å². The number of hydrogen-bond donors (Lipinski definition) is 0. The molecule has 2 unspecified atom stereocenters. The summed E-state index contributed by atoms with van der Waals surface area (Å²) in [4.78, 5) is 27.3. The van der Waals surface area contributed by atoms with E-state index in [0.29, 0.717) is 29.1 Å². The first-order valence-corrected chi connectivity index (χ1v) is 14.9. The van der Waals surface area contributed by atoms with Crippen LogP contribution < -0.4 is 9.64 Å². The van der Waals surface area contributed by atoms with E-state index in [4.69, 9.17) is 16.3 Å². The van der Waals surface area contributed by atoms with Gasteiger partial charge in [0.25, 0.3) is 0 Å². The number of ether oxygens (including phenoxy) is 1. The van der Waals surface area contributed by atoms with E-state index in [1.807, 2.05) is 24.1 Å². The second kappa shape index (κ2) is 12.3. The van der Waals surface area contributed by atoms with Gasteiger partial charge in [-0.2, -0.15) is 15.2 Å². The molecule has 6 rings (SSSR count). The van der Waals surface area contributed by atoms with Crippen molar-refractivity contribution >= 4 is 45.0 Å². The number of likely N-dealkylation sites (tertiary alicyclic amines) is 1. The Kier molecular flexibility index (Phi) is 8.34. The van der Waals surface area contributed by atoms with Crippen LogP contribution in [0.1, 0.15) is 19.3 Å². The quantitative estimate of drug-likeness (QED) is 0.237. The minimum atomic E-state index is -0.854. The predicted molar refractivity (Wildman–Crippen MR) is 167 cm³/mol. The van der Waals surface area contributed by atoms with Gasteiger partial charge in [-0.25, -0.2) is 8.78 Å². The fourth-order valence-electron chi connectivity index (χ4n) is 6.31. The predicted octanol–water partition coefficient (Wildman–Crippen LogP) is 5.97. The number of rotatable bonds is 7. The molecule has 0 bridgehead atoms. The van der Waals surface area contributed by atoms with Gasteiger partial charge in [-0.15, -0.1) is 0 Å². The maximum absolute atomic E-state index is 16.7. The number of likely N-dealkylation sites (N-methyl/N-ethyl adjacent to an activating group) is 1. The number of halogens is 3. The molecule has 0 saturated carbocycles. The van der Waals surface area contributed by atoms with E-state index in [-0.39, 0.29) is 59.8 Å². The first-order chi connectivity index (χ1) is 21.3. The summed E-state index contributed by atoms with van der Waals surface area (Å²) in [5.41, 5.74) is -0.0245. The Labute approximate surface area is 259 Å². The zero-order chi connectivity index (χ0) is 31.0. The van der Waals surface area contributed by atoms with Crippen LogP contribution in [0.2, 0.25) is 5.02 Å². The second-order valence-corrected chi connectivity index (χ2v) is 11.6. The maximum Gasteiger partial charge on any atom is 0.319 e. The van der Waals surface area contributed by atoms with E-state index in [1.54, 1.807) is 29.2 Å². The number of benzene rings is 3. The smallest absolute Gasteiger partial charge is 0.319 e. The van der Waals surface area contributed by atoms with Crippen molar-refractivity contribution in [3.8, 4) is 23.2 Å². The van der Waals surface area contributed by atoms with E-state index >= 15 is 8.78 Å². The molecule has 226 valence electrons. The molecular weight excluding hydrogens is 586 g/mol. The van der Waals surface area contributed by atoms with Gasteiger partial charge in [-0.3, -0.25) is 4.79 Å². The second-order valence-electron chi connectivity index (χ2n) is 11.2. The molecule has 44 heavy (non-hydrogen) atoms. The van der Waals surface area contributed by atoms with Gasteiger partial charge >= 0.3 is 6.01 Å². The van der Waals surface area contributed by atoms with E-state index in [9.17, 15) is 10.1 Å². The van der Waals surface area contributed by atoms with Crippen molar-refractivity contribution < 1.29 is 18.3 Å². The van der Waals surface area contributed by atoms with E-state index in [0.717, 1.165) is 24.8 Å². The number of piperazine rings is 1. The third kappa shape index (κ3) is 5.42. The Bertz CT molecular complexity index is 1810. The molecule has 3 aromatic carbocycles. The van der Waals surface area contributed by atoms with E-state index < -0.39 is 17.7 Å². The molecule has 8 nitrogen and oxygen atoms in total. The summed E-state index contributed by atoms with van der Waals surface area (Å²) in [7, 11) is 2.02. The highest BCUT2D eigenvalue weighted by Crippen LogP contribution is 2.40. The van der Waals surface area contributed by atoms with Crippen LogP contribution in [0.4, 0.5) is 14.6 Å². The third-order valence-electron chi connectivity index (χ3n) is 8.61. The largest absolute Gasteiger partial charge is 0.462 e. The lowest BCUT2D eigenvalue weighted by molar-refractivity contribution is -0.128. The summed E-state index contributed by atoms with van der Waals surface area (Å²) >= 11 is 6.53. The molecule has 2 fully saturated rings. The van der Waals surface area contributed by atoms with Crippen molar-refractivity contribution in [2.24, 2.45) is 0 Å². The topological polar surface area (TPSA) is 85.6 Å². The van der Waals surface area contributed by atoms with Crippen LogP contribution in [0.5, 0.6) is 6.01 Å². The van der Waals surface area contributed by atoms with Crippen LogP contribution in [0.3, 0.4) is 0 Å². The molecule has 0 aliphatic carbocycles. The molecule has 0 radical (unpaired) electrons. The number of nitrogens with zero attached hydrogens (tertiary/aromatic N) is 6. The first-order valence-electron chi connectivity index (χ1n) is 14.6. The van der Waals surface area contributed by atoms with E-state index in [2.05, 4.69) is 27.5 Å². The van der Waals surface area contributed by atoms with Crippen molar-refractivity contribution in [2.45, 2.75) is 31.3 Å². The number of nitriles is 1. The van der Waals surface area contributed by atoms with Gasteiger partial charge < -0.3 is 19.4 Å². The third-order valence-corrected chi connectivity index (χ3v) is 8.92. The van der Waals surface area contributed by atoms with Crippen LogP contribution in [0.25, 0.3) is 32.8 Å². The summed E-state index contributed by atoms with van der Waals surface area (Å²) < 4.78 is 38.8. The highest BCUT2D eigenvalue weighted by Gasteiger charge is 2.32. The molecule has 2 aliphatic heterocycles. The maximum atomic E-state index is 16.7. The average molecular weight is 617 g/mol. The number of carbonyl (C=O) groups excluding carboxylic acids is 1. The minimum absolute atomic E-state index is 0.0263. The number of anilines is 1. The number of fused-ring (bicyclic) bond motifs is 2. The lowest BCUT2D eigenvalue weighted by Gasteiger charge is -2.41. The summed E-state index contributed by atoms with van der Waals surface area (Å²) in [5.74, 6) is -1.65. The normalized spacial score (nSPS) is 19.0. The molecule has 2 saturated heterocycles. The molecule has 2 atom stereocenters. The Balaban J connectivity index is 1.49. The van der Waals surface area contributed by atoms with Crippen molar-refractivity contribution in [3.05, 3.63) is 71.8 Å². The molecule has 11 heteroatoms. The van der Waals surface area contributed by atoms with Gasteiger partial charge in [0.2, 0.25) is 5.91 Å². The highest BCUT2D eigenvalue weighted by atomic mass is 35.5.